The van der Waals surface area contributed by atoms with Crippen LogP contribution in [0.3, 0.4) is 0 Å². The molecule has 0 radical (unpaired) electrons. The van der Waals surface area contributed by atoms with Crippen molar-refractivity contribution >= 4 is 17.5 Å². The Hall–Kier alpha value is -4.39. The number of fused-ring (bicyclic) bond motifs is 1. The summed E-state index contributed by atoms with van der Waals surface area (Å²) in [6.07, 6.45) is 1.49. The van der Waals surface area contributed by atoms with Gasteiger partial charge in [-0.05, 0) is 68.1 Å². The van der Waals surface area contributed by atoms with E-state index in [-0.39, 0.29) is 5.91 Å². The maximum absolute atomic E-state index is 13.6. The highest BCUT2D eigenvalue weighted by molar-refractivity contribution is 6.06. The minimum atomic E-state index is -0.431. The lowest BCUT2D eigenvalue weighted by molar-refractivity contribution is -0.113. The molecule has 1 amide bonds. The summed E-state index contributed by atoms with van der Waals surface area (Å²) in [4.78, 5) is 17.9. The summed E-state index contributed by atoms with van der Waals surface area (Å²) in [5, 5.41) is 10.7. The number of anilines is 2. The molecule has 1 aliphatic rings. The Bertz CT molecular complexity index is 1450. The van der Waals surface area contributed by atoms with E-state index in [4.69, 9.17) is 4.74 Å². The number of nitrogens with one attached hydrogen (secondary N) is 2. The molecule has 7 nitrogen and oxygen atoms in total. The third-order valence-electron chi connectivity index (χ3n) is 6.52. The van der Waals surface area contributed by atoms with Crippen molar-refractivity contribution < 1.29 is 9.53 Å². The van der Waals surface area contributed by atoms with Gasteiger partial charge in [0.2, 0.25) is 5.95 Å². The van der Waals surface area contributed by atoms with E-state index in [2.05, 4.69) is 45.8 Å². The van der Waals surface area contributed by atoms with Crippen LogP contribution >= 0.6 is 0 Å². The Morgan fingerprint density at radius 3 is 2.53 bits per heavy atom. The van der Waals surface area contributed by atoms with Crippen LogP contribution in [0.25, 0.3) is 0 Å². The fourth-order valence-corrected chi connectivity index (χ4v) is 4.52. The van der Waals surface area contributed by atoms with E-state index >= 15 is 0 Å². The van der Waals surface area contributed by atoms with Gasteiger partial charge in [0.15, 0.2) is 0 Å². The zero-order valence-electron chi connectivity index (χ0n) is 20.9. The number of ether oxygens (including phenoxy) is 1. The van der Waals surface area contributed by atoms with E-state index in [1.165, 1.54) is 11.9 Å². The van der Waals surface area contributed by atoms with Gasteiger partial charge in [-0.25, -0.2) is 4.68 Å². The standard InChI is InChI=1S/C29H29N5O2/c1-18-9-14-25(20(3)15-18)33-28(35)26-21(4)32-29-30-17-31-34(29)27(26)22-10-12-24(13-11-22)36-16-23-8-6-5-7-19(23)2/h5-15,17,27H,16H2,1-4H3,(H,33,35)(H,30,31,32)/t27-/m0/s1. The number of aryl methyl sites for hydroxylation is 3. The largest absolute Gasteiger partial charge is 0.489 e. The zero-order chi connectivity index (χ0) is 25.2. The molecule has 0 saturated heterocycles. The van der Waals surface area contributed by atoms with Crippen LogP contribution in [0.2, 0.25) is 0 Å². The Morgan fingerprint density at radius 2 is 1.78 bits per heavy atom. The van der Waals surface area contributed by atoms with Gasteiger partial charge in [0, 0.05) is 11.4 Å². The number of benzene rings is 3. The molecule has 0 aliphatic carbocycles. The average Bonchev–Trinajstić information content (AvgIpc) is 3.33. The molecule has 0 spiro atoms. The van der Waals surface area contributed by atoms with E-state index in [9.17, 15) is 4.79 Å². The van der Waals surface area contributed by atoms with Crippen molar-refractivity contribution in [2.75, 3.05) is 10.6 Å². The normalized spacial score (nSPS) is 14.7. The molecule has 4 aromatic rings. The van der Waals surface area contributed by atoms with E-state index in [0.717, 1.165) is 39.4 Å². The summed E-state index contributed by atoms with van der Waals surface area (Å²) in [5.74, 6) is 1.18. The highest BCUT2D eigenvalue weighted by atomic mass is 16.5. The SMILES string of the molecule is CC1=C(C(=O)Nc2ccc(C)cc2C)[C@H](c2ccc(OCc3ccccc3C)cc2)n2ncnc2N1. The Morgan fingerprint density at radius 1 is 1.00 bits per heavy atom. The van der Waals surface area contributed by atoms with Crippen LogP contribution < -0.4 is 15.4 Å². The maximum atomic E-state index is 13.6. The lowest BCUT2D eigenvalue weighted by Crippen LogP contribution is -2.31. The number of amides is 1. The molecule has 0 unspecified atom stereocenters. The number of hydrogen-bond acceptors (Lipinski definition) is 5. The van der Waals surface area contributed by atoms with Crippen LogP contribution in [-0.2, 0) is 11.4 Å². The summed E-state index contributed by atoms with van der Waals surface area (Å²) in [6, 6.07) is 21.6. The van der Waals surface area contributed by atoms with Crippen LogP contribution in [0.5, 0.6) is 5.75 Å². The van der Waals surface area contributed by atoms with Crippen molar-refractivity contribution in [1.82, 2.24) is 14.8 Å². The van der Waals surface area contributed by atoms with Crippen molar-refractivity contribution in [3.63, 3.8) is 0 Å². The first-order chi connectivity index (χ1) is 17.4. The Labute approximate surface area is 210 Å². The van der Waals surface area contributed by atoms with Crippen LogP contribution in [0.15, 0.2) is 84.3 Å². The second kappa shape index (κ2) is 9.70. The Balaban J connectivity index is 1.42. The summed E-state index contributed by atoms with van der Waals surface area (Å²) >= 11 is 0. The predicted molar refractivity (Wildman–Crippen MR) is 141 cm³/mol. The minimum absolute atomic E-state index is 0.182. The third kappa shape index (κ3) is 4.60. The quantitative estimate of drug-likeness (QED) is 0.370. The van der Waals surface area contributed by atoms with Gasteiger partial charge in [0.05, 0.1) is 5.57 Å². The molecule has 3 aromatic carbocycles. The molecule has 0 bridgehead atoms. The Kier molecular flexibility index (Phi) is 6.29. The van der Waals surface area contributed by atoms with Gasteiger partial charge in [-0.3, -0.25) is 4.79 Å². The number of nitrogens with zero attached hydrogens (tertiary/aromatic N) is 3. The molecule has 5 rings (SSSR count). The van der Waals surface area contributed by atoms with Gasteiger partial charge in [-0.15, -0.1) is 0 Å². The van der Waals surface area contributed by atoms with E-state index in [1.807, 2.05) is 69.3 Å². The van der Waals surface area contributed by atoms with Gasteiger partial charge >= 0.3 is 0 Å². The smallest absolute Gasteiger partial charge is 0.255 e. The molecule has 36 heavy (non-hydrogen) atoms. The molecule has 2 heterocycles. The van der Waals surface area contributed by atoms with Gasteiger partial charge in [0.1, 0.15) is 24.7 Å². The zero-order valence-corrected chi connectivity index (χ0v) is 20.9. The maximum Gasteiger partial charge on any atom is 0.255 e. The van der Waals surface area contributed by atoms with Crippen LogP contribution in [0.4, 0.5) is 11.6 Å². The van der Waals surface area contributed by atoms with E-state index in [0.29, 0.717) is 18.1 Å². The van der Waals surface area contributed by atoms with Crippen molar-refractivity contribution in [2.24, 2.45) is 0 Å². The van der Waals surface area contributed by atoms with Gasteiger partial charge < -0.3 is 15.4 Å². The molecular formula is C29H29N5O2. The van der Waals surface area contributed by atoms with Crippen LogP contribution in [0, 0.1) is 20.8 Å². The highest BCUT2D eigenvalue weighted by Gasteiger charge is 2.33. The second-order valence-corrected chi connectivity index (χ2v) is 9.15. The van der Waals surface area contributed by atoms with Gasteiger partial charge in [-0.2, -0.15) is 10.1 Å². The molecule has 7 heteroatoms. The summed E-state index contributed by atoms with van der Waals surface area (Å²) in [7, 11) is 0. The lowest BCUT2D eigenvalue weighted by atomic mass is 9.94. The van der Waals surface area contributed by atoms with Crippen molar-refractivity contribution in [1.29, 1.82) is 0 Å². The fraction of sp³-hybridized carbons (Fsp3) is 0.207. The first-order valence-electron chi connectivity index (χ1n) is 11.9. The first kappa shape index (κ1) is 23.4. The minimum Gasteiger partial charge on any atom is -0.489 e. The second-order valence-electron chi connectivity index (χ2n) is 9.15. The molecule has 0 fully saturated rings. The molecule has 1 atom stereocenters. The molecule has 2 N–H and O–H groups in total. The molecule has 182 valence electrons. The van der Waals surface area contributed by atoms with Crippen molar-refractivity contribution in [3.05, 3.63) is 112 Å². The fourth-order valence-electron chi connectivity index (χ4n) is 4.52. The van der Waals surface area contributed by atoms with Gasteiger partial charge in [-0.1, -0.05) is 54.1 Å². The van der Waals surface area contributed by atoms with Crippen LogP contribution in [0.1, 0.15) is 40.8 Å². The average molecular weight is 480 g/mol. The molecule has 0 saturated carbocycles. The first-order valence-corrected chi connectivity index (χ1v) is 11.9. The molecule has 1 aromatic heterocycles. The molecular weight excluding hydrogens is 450 g/mol. The molecule has 1 aliphatic heterocycles. The van der Waals surface area contributed by atoms with Crippen molar-refractivity contribution in [2.45, 2.75) is 40.3 Å². The van der Waals surface area contributed by atoms with E-state index < -0.39 is 6.04 Å². The highest BCUT2D eigenvalue weighted by Crippen LogP contribution is 2.36. The summed E-state index contributed by atoms with van der Waals surface area (Å²) in [6.45, 7) is 8.49. The van der Waals surface area contributed by atoms with Crippen LogP contribution in [-0.4, -0.2) is 20.7 Å². The number of rotatable bonds is 6. The summed E-state index contributed by atoms with van der Waals surface area (Å²) in [5.41, 5.74) is 7.53. The van der Waals surface area contributed by atoms with Crippen molar-refractivity contribution in [3.8, 4) is 5.75 Å². The van der Waals surface area contributed by atoms with E-state index in [1.54, 1.807) is 4.68 Å². The lowest BCUT2D eigenvalue weighted by Gasteiger charge is -2.29. The number of hydrogen-bond donors (Lipinski definition) is 2. The summed E-state index contributed by atoms with van der Waals surface area (Å²) < 4.78 is 7.77. The number of carbonyl (C=O) groups is 1. The predicted octanol–water partition coefficient (Wildman–Crippen LogP) is 5.71. The topological polar surface area (TPSA) is 81.1 Å². The number of allylic oxidation sites excluding steroid dienone is 1. The number of carbonyl (C=O) groups excluding carboxylic acids is 1. The monoisotopic (exact) mass is 479 g/mol. The number of aromatic nitrogens is 3. The third-order valence-corrected chi connectivity index (χ3v) is 6.52. The van der Waals surface area contributed by atoms with Gasteiger partial charge in [0.25, 0.3) is 5.91 Å².